The zero-order chi connectivity index (χ0) is 41.3. The molecule has 1 aromatic heterocycles. The van der Waals surface area contributed by atoms with Gasteiger partial charge in [0.05, 0.1) is 19.2 Å². The topological polar surface area (TPSA) is 156 Å². The summed E-state index contributed by atoms with van der Waals surface area (Å²) in [6.45, 7) is 5.85. The molecule has 2 heterocycles. The Kier molecular flexibility index (Phi) is 17.2. The van der Waals surface area contributed by atoms with Crippen molar-refractivity contribution in [1.29, 1.82) is 0 Å². The molecule has 1 aliphatic rings. The zero-order valence-electron chi connectivity index (χ0n) is 32.2. The number of hydrogen-bond donors (Lipinski definition) is 0. The Hall–Kier alpha value is -5.20. The fourth-order valence-electron chi connectivity index (χ4n) is 6.05. The Morgan fingerprint density at radius 2 is 1.69 bits per heavy atom. The van der Waals surface area contributed by atoms with Crippen LogP contribution in [0.15, 0.2) is 78.9 Å². The predicted octanol–water partition coefficient (Wildman–Crippen LogP) is 7.67. The van der Waals surface area contributed by atoms with Gasteiger partial charge >= 0.3 is 17.9 Å². The van der Waals surface area contributed by atoms with Gasteiger partial charge in [0.25, 0.3) is 5.09 Å². The highest BCUT2D eigenvalue weighted by molar-refractivity contribution is 7.80. The van der Waals surface area contributed by atoms with Gasteiger partial charge in [0.1, 0.15) is 35.5 Å². The third-order valence-corrected chi connectivity index (χ3v) is 12.0. The second-order valence-electron chi connectivity index (χ2n) is 13.1. The molecular formula is C41H45N3O11S3. The van der Waals surface area contributed by atoms with Crippen LogP contribution in [0.25, 0.3) is 16.5 Å². The van der Waals surface area contributed by atoms with Gasteiger partial charge < -0.3 is 28.5 Å². The smallest absolute Gasteiger partial charge is 0.344 e. The van der Waals surface area contributed by atoms with Crippen molar-refractivity contribution in [3.05, 3.63) is 110 Å². The Balaban J connectivity index is 1.11. The average Bonchev–Trinajstić information content (AvgIpc) is 3.67. The highest BCUT2D eigenvalue weighted by Crippen LogP contribution is 2.33. The summed E-state index contributed by atoms with van der Waals surface area (Å²) in [7, 11) is 4.69. The van der Waals surface area contributed by atoms with Crippen molar-refractivity contribution < 1.29 is 48.0 Å². The fourth-order valence-corrected chi connectivity index (χ4v) is 8.46. The number of rotatable bonds is 21. The van der Waals surface area contributed by atoms with E-state index in [9.17, 15) is 24.5 Å². The predicted molar refractivity (Wildman–Crippen MR) is 223 cm³/mol. The largest absolute Gasteiger partial charge is 0.493 e. The van der Waals surface area contributed by atoms with Crippen LogP contribution in [0.2, 0.25) is 0 Å². The van der Waals surface area contributed by atoms with Crippen molar-refractivity contribution in [2.75, 3.05) is 66.2 Å². The van der Waals surface area contributed by atoms with Crippen molar-refractivity contribution in [1.82, 2.24) is 9.80 Å². The number of piperazine rings is 1. The Morgan fingerprint density at radius 3 is 2.40 bits per heavy atom. The van der Waals surface area contributed by atoms with E-state index < -0.39 is 23.1 Å². The fraction of sp³-hybridized carbons (Fsp3) is 0.366. The first kappa shape index (κ1) is 43.9. The number of methoxy groups -OCH3 is 1. The van der Waals surface area contributed by atoms with Gasteiger partial charge in [-0.05, 0) is 78.6 Å². The van der Waals surface area contributed by atoms with Crippen molar-refractivity contribution >= 4 is 56.9 Å². The summed E-state index contributed by atoms with van der Waals surface area (Å²) < 4.78 is 29.1. The number of benzene rings is 3. The summed E-state index contributed by atoms with van der Waals surface area (Å²) in [5.74, 6) is -0.553. The molecule has 1 saturated heterocycles. The van der Waals surface area contributed by atoms with E-state index in [1.165, 1.54) is 19.3 Å². The van der Waals surface area contributed by atoms with Crippen LogP contribution < -0.4 is 14.2 Å². The first-order valence-corrected chi connectivity index (χ1v) is 21.3. The van der Waals surface area contributed by atoms with Crippen molar-refractivity contribution in [2.24, 2.45) is 0 Å². The first-order valence-electron chi connectivity index (χ1n) is 18.7. The molecule has 0 amide bonds. The number of nitrogens with zero attached hydrogens (tertiary/aromatic N) is 3. The van der Waals surface area contributed by atoms with Gasteiger partial charge in [0.2, 0.25) is 0 Å². The molecule has 0 aliphatic carbocycles. The summed E-state index contributed by atoms with van der Waals surface area (Å²) in [4.78, 5) is 58.8. The molecule has 58 heavy (non-hydrogen) atoms. The molecular weight excluding hydrogens is 807 g/mol. The Bertz CT molecular complexity index is 2080. The summed E-state index contributed by atoms with van der Waals surface area (Å²) in [6, 6.07) is 21.7. The summed E-state index contributed by atoms with van der Waals surface area (Å²) in [5.41, 5.74) is 2.47. The van der Waals surface area contributed by atoms with Gasteiger partial charge in [0, 0.05) is 49.2 Å². The van der Waals surface area contributed by atoms with E-state index in [2.05, 4.69) is 14.6 Å². The van der Waals surface area contributed by atoms with Crippen LogP contribution in [-0.2, 0) is 23.9 Å². The van der Waals surface area contributed by atoms with Gasteiger partial charge in [0.15, 0.2) is 11.5 Å². The molecule has 3 aromatic carbocycles. The molecule has 0 radical (unpaired) electrons. The van der Waals surface area contributed by atoms with E-state index in [1.54, 1.807) is 57.1 Å². The maximum absolute atomic E-state index is 13.6. The van der Waals surface area contributed by atoms with E-state index in [-0.39, 0.29) is 42.8 Å². The third-order valence-electron chi connectivity index (χ3n) is 9.04. The number of hydrogen-bond acceptors (Lipinski definition) is 16. The van der Waals surface area contributed by atoms with Crippen LogP contribution in [0, 0.1) is 13.9 Å². The third kappa shape index (κ3) is 13.7. The lowest BCUT2D eigenvalue weighted by Gasteiger charge is -2.34. The average molecular weight is 852 g/mol. The highest BCUT2D eigenvalue weighted by Gasteiger charge is 2.26. The molecule has 0 bridgehead atoms. The SMILES string of the molecule is CCCCC(OC(=O)CN1CCN(CCOc2ccc(-c3cc(=S)ss3)cc2)CC1)c1ccccc1C(=O)Oc1ccc(/C=C/C(=O)OCCO[N+](=O)[O-])cc1OC. The van der Waals surface area contributed by atoms with Crippen LogP contribution in [0.1, 0.15) is 53.8 Å². The molecule has 14 nitrogen and oxygen atoms in total. The lowest BCUT2D eigenvalue weighted by Crippen LogP contribution is -2.49. The Labute approximate surface area is 349 Å². The molecule has 308 valence electrons. The van der Waals surface area contributed by atoms with E-state index in [4.69, 9.17) is 35.9 Å². The monoisotopic (exact) mass is 851 g/mol. The molecule has 1 fully saturated rings. The van der Waals surface area contributed by atoms with E-state index in [0.29, 0.717) is 37.2 Å². The molecule has 5 rings (SSSR count). The molecule has 1 aliphatic heterocycles. The van der Waals surface area contributed by atoms with E-state index in [0.717, 1.165) is 58.6 Å². The van der Waals surface area contributed by atoms with Crippen molar-refractivity contribution in [3.63, 3.8) is 0 Å². The molecule has 0 saturated carbocycles. The van der Waals surface area contributed by atoms with Crippen LogP contribution in [0.5, 0.6) is 17.2 Å². The molecule has 17 heteroatoms. The summed E-state index contributed by atoms with van der Waals surface area (Å²) >= 11 is 5.25. The molecule has 4 aromatic rings. The molecule has 1 unspecified atom stereocenters. The molecule has 0 N–H and O–H groups in total. The maximum Gasteiger partial charge on any atom is 0.344 e. The second-order valence-corrected chi connectivity index (χ2v) is 16.0. The van der Waals surface area contributed by atoms with Gasteiger partial charge in [-0.2, -0.15) is 0 Å². The highest BCUT2D eigenvalue weighted by atomic mass is 32.9. The number of esters is 3. The number of carbonyl (C=O) groups is 3. The lowest BCUT2D eigenvalue weighted by molar-refractivity contribution is -0.757. The summed E-state index contributed by atoms with van der Waals surface area (Å²) in [5, 5.41) is 9.24. The number of unbranched alkanes of at least 4 members (excludes halogenated alkanes) is 1. The maximum atomic E-state index is 13.6. The van der Waals surface area contributed by atoms with E-state index in [1.807, 2.05) is 37.3 Å². The van der Waals surface area contributed by atoms with Gasteiger partial charge in [-0.3, -0.25) is 14.6 Å². The van der Waals surface area contributed by atoms with Crippen molar-refractivity contribution in [3.8, 4) is 27.7 Å². The lowest BCUT2D eigenvalue weighted by atomic mass is 9.98. The van der Waals surface area contributed by atoms with Crippen LogP contribution in [0.3, 0.4) is 0 Å². The minimum atomic E-state index is -0.974. The van der Waals surface area contributed by atoms with Gasteiger partial charge in [-0.25, -0.2) is 9.59 Å². The van der Waals surface area contributed by atoms with E-state index >= 15 is 0 Å². The van der Waals surface area contributed by atoms with Gasteiger partial charge in [-0.15, -0.1) is 10.1 Å². The van der Waals surface area contributed by atoms with Gasteiger partial charge in [-0.1, -0.05) is 70.5 Å². The first-order chi connectivity index (χ1) is 28.1. The minimum absolute atomic E-state index is 0.135. The quantitative estimate of drug-likeness (QED) is 0.0118. The standard InChI is InChI=1S/C41H45N3O11S3/c1-3-4-9-34(54-39(46)28-43-20-18-42(19-21-43)22-23-51-31-14-12-30(13-15-31)37-27-40(56)58-57-37)32-7-5-6-8-33(32)41(47)55-35-16-10-29(26-36(35)50-2)11-17-38(45)52-24-25-53-44(48)49/h5-8,10-17,26-27,34H,3-4,9,18-25,28H2,1-2H3/b17-11+. The van der Waals surface area contributed by atoms with Crippen LogP contribution in [-0.4, -0.2) is 99.0 Å². The van der Waals surface area contributed by atoms with Crippen LogP contribution >= 0.6 is 32.9 Å². The number of ether oxygens (including phenoxy) is 5. The number of carbonyl (C=O) groups excluding carboxylic acids is 3. The van der Waals surface area contributed by atoms with Crippen LogP contribution in [0.4, 0.5) is 0 Å². The second kappa shape index (κ2) is 22.7. The molecule has 1 atom stereocenters. The zero-order valence-corrected chi connectivity index (χ0v) is 34.7. The van der Waals surface area contributed by atoms with Crippen molar-refractivity contribution in [2.45, 2.75) is 32.3 Å². The Morgan fingerprint density at radius 1 is 0.931 bits per heavy atom. The minimum Gasteiger partial charge on any atom is -0.493 e. The molecule has 0 spiro atoms. The normalized spacial score (nSPS) is 13.8. The summed E-state index contributed by atoms with van der Waals surface area (Å²) in [6.07, 6.45) is 4.12.